The highest BCUT2D eigenvalue weighted by Crippen LogP contribution is 2.35. The third kappa shape index (κ3) is 5.05. The standard InChI is InChI=1S/C24H28FN5O6S/c1-13-9-16(5-6-17(13)25)27-22(31)20-21-19(11-29(20)2)37(34,35)28-18-10-30(8-7-14(18)12-36-21)24(33)23(32)26-15-3-4-15/h5-6,9,11,14-15,18,28H,3-4,7-8,10,12H2,1-2H3,(H,26,32)(H,27,31)/t14-,18-/m1/s1. The van der Waals surface area contributed by atoms with E-state index >= 15 is 0 Å². The van der Waals surface area contributed by atoms with Crippen molar-refractivity contribution in [2.45, 2.75) is 43.2 Å². The van der Waals surface area contributed by atoms with Gasteiger partial charge in [0.25, 0.3) is 5.91 Å². The topological polar surface area (TPSA) is 139 Å². The van der Waals surface area contributed by atoms with Crippen molar-refractivity contribution in [1.82, 2.24) is 19.5 Å². The van der Waals surface area contributed by atoms with Crippen LogP contribution in [0.3, 0.4) is 0 Å². The number of amides is 3. The van der Waals surface area contributed by atoms with Crippen LogP contribution in [0.4, 0.5) is 10.1 Å². The second-order valence-corrected chi connectivity index (χ2v) is 11.5. The summed E-state index contributed by atoms with van der Waals surface area (Å²) in [7, 11) is -2.61. The number of aromatic nitrogens is 1. The van der Waals surface area contributed by atoms with Gasteiger partial charge in [-0.15, -0.1) is 0 Å². The molecule has 13 heteroatoms. The molecule has 0 bridgehead atoms. The fourth-order valence-corrected chi connectivity index (χ4v) is 6.16. The van der Waals surface area contributed by atoms with Crippen LogP contribution < -0.4 is 20.1 Å². The molecule has 3 aliphatic rings. The Morgan fingerprint density at radius 2 is 1.95 bits per heavy atom. The number of sulfonamides is 1. The van der Waals surface area contributed by atoms with E-state index in [2.05, 4.69) is 15.4 Å². The molecule has 2 aromatic rings. The van der Waals surface area contributed by atoms with E-state index in [9.17, 15) is 27.2 Å². The fraction of sp³-hybridized carbons (Fsp3) is 0.458. The number of rotatable bonds is 3. The first-order valence-corrected chi connectivity index (χ1v) is 13.5. The minimum Gasteiger partial charge on any atom is -0.489 e. The zero-order chi connectivity index (χ0) is 26.5. The number of halogens is 1. The zero-order valence-corrected chi connectivity index (χ0v) is 21.2. The first kappa shape index (κ1) is 25.2. The maximum atomic E-state index is 13.6. The number of hydrogen-bond acceptors (Lipinski definition) is 6. The molecule has 1 aromatic heterocycles. The molecular weight excluding hydrogens is 505 g/mol. The van der Waals surface area contributed by atoms with Crippen molar-refractivity contribution in [1.29, 1.82) is 0 Å². The number of ether oxygens (including phenoxy) is 1. The van der Waals surface area contributed by atoms with Crippen LogP contribution in [0.15, 0.2) is 29.3 Å². The third-order valence-corrected chi connectivity index (χ3v) is 8.40. The molecule has 5 rings (SSSR count). The molecular formula is C24H28FN5O6S. The number of nitrogens with zero attached hydrogens (tertiary/aromatic N) is 2. The Labute approximate surface area is 213 Å². The second kappa shape index (κ2) is 9.45. The lowest BCUT2D eigenvalue weighted by Gasteiger charge is -2.39. The highest BCUT2D eigenvalue weighted by atomic mass is 32.2. The van der Waals surface area contributed by atoms with Crippen molar-refractivity contribution >= 4 is 33.4 Å². The van der Waals surface area contributed by atoms with Crippen LogP contribution in [-0.2, 0) is 26.7 Å². The van der Waals surface area contributed by atoms with Gasteiger partial charge in [-0.3, -0.25) is 14.4 Å². The van der Waals surface area contributed by atoms with Crippen molar-refractivity contribution in [3.05, 3.63) is 41.5 Å². The van der Waals surface area contributed by atoms with Gasteiger partial charge in [0.1, 0.15) is 10.7 Å². The zero-order valence-electron chi connectivity index (χ0n) is 20.4. The summed E-state index contributed by atoms with van der Waals surface area (Å²) >= 11 is 0. The van der Waals surface area contributed by atoms with Gasteiger partial charge in [-0.05, 0) is 49.9 Å². The van der Waals surface area contributed by atoms with E-state index in [1.807, 2.05) is 0 Å². The summed E-state index contributed by atoms with van der Waals surface area (Å²) in [6.07, 6.45) is 3.40. The smallest absolute Gasteiger partial charge is 0.311 e. The van der Waals surface area contributed by atoms with E-state index in [-0.39, 0.29) is 48.0 Å². The first-order valence-electron chi connectivity index (χ1n) is 12.0. The molecule has 37 heavy (non-hydrogen) atoms. The van der Waals surface area contributed by atoms with Gasteiger partial charge in [-0.25, -0.2) is 17.5 Å². The molecule has 198 valence electrons. The minimum absolute atomic E-state index is 0.00478. The molecule has 1 saturated heterocycles. The number of piperidine rings is 1. The molecule has 0 radical (unpaired) electrons. The van der Waals surface area contributed by atoms with E-state index in [1.54, 1.807) is 6.92 Å². The minimum atomic E-state index is -4.13. The van der Waals surface area contributed by atoms with Crippen LogP contribution in [0.2, 0.25) is 0 Å². The van der Waals surface area contributed by atoms with Gasteiger partial charge in [0.15, 0.2) is 11.4 Å². The SMILES string of the molecule is Cc1cc(NC(=O)c2c3c(cn2C)S(=O)(=O)N[C@@H]2CN(C(=O)C(=O)NC4CC4)CC[C@@H]2CO3)ccc1F. The van der Waals surface area contributed by atoms with E-state index in [1.165, 1.54) is 40.9 Å². The predicted molar refractivity (Wildman–Crippen MR) is 130 cm³/mol. The highest BCUT2D eigenvalue weighted by molar-refractivity contribution is 7.89. The number of nitrogens with one attached hydrogen (secondary N) is 3. The van der Waals surface area contributed by atoms with Crippen LogP contribution in [0.5, 0.6) is 5.75 Å². The van der Waals surface area contributed by atoms with Crippen molar-refractivity contribution in [3.8, 4) is 5.75 Å². The van der Waals surface area contributed by atoms with Gasteiger partial charge in [-0.1, -0.05) is 0 Å². The molecule has 3 heterocycles. The van der Waals surface area contributed by atoms with Gasteiger partial charge in [0, 0.05) is 50.0 Å². The summed E-state index contributed by atoms with van der Waals surface area (Å²) < 4.78 is 50.2. The number of hydrogen-bond donors (Lipinski definition) is 3. The summed E-state index contributed by atoms with van der Waals surface area (Å²) in [6.45, 7) is 1.99. The fourth-order valence-electron chi connectivity index (χ4n) is 4.67. The van der Waals surface area contributed by atoms with E-state index in [0.29, 0.717) is 17.7 Å². The number of likely N-dealkylation sites (tertiary alicyclic amines) is 1. The molecule has 0 unspecified atom stereocenters. The normalized spacial score (nSPS) is 22.5. The molecule has 2 fully saturated rings. The molecule has 3 amide bonds. The monoisotopic (exact) mass is 533 g/mol. The Bertz CT molecular complexity index is 1390. The largest absolute Gasteiger partial charge is 0.489 e. The first-order chi connectivity index (χ1) is 17.5. The van der Waals surface area contributed by atoms with Crippen LogP contribution in [0.25, 0.3) is 0 Å². The number of anilines is 1. The summed E-state index contributed by atoms with van der Waals surface area (Å²) in [4.78, 5) is 39.1. The molecule has 0 spiro atoms. The van der Waals surface area contributed by atoms with Crippen molar-refractivity contribution in [3.63, 3.8) is 0 Å². The Kier molecular flexibility index (Phi) is 6.44. The Morgan fingerprint density at radius 3 is 2.65 bits per heavy atom. The summed E-state index contributed by atoms with van der Waals surface area (Å²) in [6, 6.07) is 3.50. The molecule has 3 N–H and O–H groups in total. The molecule has 2 atom stereocenters. The van der Waals surface area contributed by atoms with Gasteiger partial charge in [0.2, 0.25) is 10.0 Å². The lowest BCUT2D eigenvalue weighted by atomic mass is 9.93. The molecule has 2 aliphatic heterocycles. The maximum absolute atomic E-state index is 13.6. The van der Waals surface area contributed by atoms with Gasteiger partial charge >= 0.3 is 11.8 Å². The van der Waals surface area contributed by atoms with Crippen LogP contribution >= 0.6 is 0 Å². The highest BCUT2D eigenvalue weighted by Gasteiger charge is 2.41. The van der Waals surface area contributed by atoms with Gasteiger partial charge < -0.3 is 24.8 Å². The summed E-state index contributed by atoms with van der Waals surface area (Å²) in [5.41, 5.74) is 0.711. The van der Waals surface area contributed by atoms with Crippen LogP contribution in [0.1, 0.15) is 35.3 Å². The van der Waals surface area contributed by atoms with Crippen LogP contribution in [0, 0.1) is 18.7 Å². The predicted octanol–water partition coefficient (Wildman–Crippen LogP) is 0.891. The number of benzene rings is 1. The third-order valence-electron chi connectivity index (χ3n) is 6.92. The lowest BCUT2D eigenvalue weighted by molar-refractivity contribution is -0.147. The summed E-state index contributed by atoms with van der Waals surface area (Å²) in [5.74, 6) is -2.73. The van der Waals surface area contributed by atoms with E-state index < -0.39 is 39.6 Å². The molecule has 1 saturated carbocycles. The van der Waals surface area contributed by atoms with Crippen LogP contribution in [-0.4, -0.2) is 67.4 Å². The summed E-state index contributed by atoms with van der Waals surface area (Å²) in [5, 5.41) is 5.33. The van der Waals surface area contributed by atoms with Crippen molar-refractivity contribution in [2.75, 3.05) is 25.0 Å². The number of fused-ring (bicyclic) bond motifs is 2. The Hall–Kier alpha value is -3.45. The number of carbonyl (C=O) groups is 3. The average Bonchev–Trinajstić information content (AvgIpc) is 3.58. The number of aryl methyl sites for hydroxylation is 2. The quantitative estimate of drug-likeness (QED) is 0.501. The second-order valence-electron chi connectivity index (χ2n) is 9.79. The average molecular weight is 534 g/mol. The van der Waals surface area contributed by atoms with Crippen molar-refractivity contribution < 1.29 is 31.9 Å². The Morgan fingerprint density at radius 1 is 1.19 bits per heavy atom. The Balaban J connectivity index is 1.36. The molecule has 1 aliphatic carbocycles. The van der Waals surface area contributed by atoms with Gasteiger partial charge in [0.05, 0.1) is 6.61 Å². The van der Waals surface area contributed by atoms with E-state index in [4.69, 9.17) is 4.74 Å². The lowest BCUT2D eigenvalue weighted by Crippen LogP contribution is -2.57. The molecule has 11 nitrogen and oxygen atoms in total. The van der Waals surface area contributed by atoms with Gasteiger partial charge in [-0.2, -0.15) is 0 Å². The van der Waals surface area contributed by atoms with E-state index in [0.717, 1.165) is 12.8 Å². The van der Waals surface area contributed by atoms with Crippen molar-refractivity contribution in [2.24, 2.45) is 13.0 Å². The molecule has 1 aromatic carbocycles. The number of carbonyl (C=O) groups excluding carboxylic acids is 3. The maximum Gasteiger partial charge on any atom is 0.311 e.